The van der Waals surface area contributed by atoms with Gasteiger partial charge in [-0.1, -0.05) is 0 Å². The van der Waals surface area contributed by atoms with Crippen LogP contribution in [0.3, 0.4) is 0 Å². The Kier molecular flexibility index (Phi) is 4.96. The Hall–Kier alpha value is -4.60. The Morgan fingerprint density at radius 3 is 2.56 bits per heavy atom. The largest absolute Gasteiger partial charge is 0.507 e. The van der Waals surface area contributed by atoms with Crippen LogP contribution in [0.15, 0.2) is 41.3 Å². The summed E-state index contributed by atoms with van der Waals surface area (Å²) in [7, 11) is 0. The third-order valence-electron chi connectivity index (χ3n) is 6.71. The minimum atomic E-state index is -1.60. The van der Waals surface area contributed by atoms with Crippen LogP contribution in [0.1, 0.15) is 42.3 Å². The molecule has 5 rings (SSSR count). The molecule has 0 saturated carbocycles. The van der Waals surface area contributed by atoms with Crippen LogP contribution in [-0.4, -0.2) is 40.1 Å². The Labute approximate surface area is 205 Å². The van der Waals surface area contributed by atoms with Crippen molar-refractivity contribution in [3.8, 4) is 23.0 Å². The first-order valence-corrected chi connectivity index (χ1v) is 11.1. The van der Waals surface area contributed by atoms with E-state index in [0.717, 1.165) is 6.08 Å². The van der Waals surface area contributed by atoms with Crippen LogP contribution in [0.4, 0.5) is 11.4 Å². The molecule has 10 heteroatoms. The number of anilines is 2. The van der Waals surface area contributed by atoms with Gasteiger partial charge in [-0.3, -0.25) is 19.2 Å². The molecule has 0 bridgehead atoms. The van der Waals surface area contributed by atoms with E-state index in [9.17, 15) is 29.4 Å². The van der Waals surface area contributed by atoms with Crippen molar-refractivity contribution < 1.29 is 38.9 Å². The summed E-state index contributed by atoms with van der Waals surface area (Å²) in [6.07, 6.45) is 1.16. The van der Waals surface area contributed by atoms with Gasteiger partial charge in [0.1, 0.15) is 39.7 Å². The fraction of sp³-hybridized carbons (Fsp3) is 0.231. The number of Topliss-reactive ketones (excluding diaryl/α,β-unsaturated/α-hetero) is 2. The summed E-state index contributed by atoms with van der Waals surface area (Å²) < 4.78 is 11.2. The van der Waals surface area contributed by atoms with Crippen LogP contribution in [-0.2, 0) is 19.8 Å². The summed E-state index contributed by atoms with van der Waals surface area (Å²) in [5.74, 6) is -2.62. The number of ketones is 3. The van der Waals surface area contributed by atoms with Crippen LogP contribution in [0.25, 0.3) is 0 Å². The summed E-state index contributed by atoms with van der Waals surface area (Å²) in [5, 5.41) is 27.1. The van der Waals surface area contributed by atoms with Gasteiger partial charge in [-0.15, -0.1) is 0 Å². The zero-order valence-corrected chi connectivity index (χ0v) is 19.9. The lowest BCUT2D eigenvalue weighted by molar-refractivity contribution is -0.123. The van der Waals surface area contributed by atoms with Gasteiger partial charge >= 0.3 is 0 Å². The van der Waals surface area contributed by atoms with Gasteiger partial charge in [0.15, 0.2) is 24.0 Å². The number of fused-ring (bicyclic) bond motifs is 4. The van der Waals surface area contributed by atoms with Crippen LogP contribution in [0.5, 0.6) is 23.0 Å². The lowest BCUT2D eigenvalue weighted by Gasteiger charge is -2.29. The first kappa shape index (κ1) is 23.2. The fourth-order valence-electron chi connectivity index (χ4n) is 4.79. The number of hydrogen-bond acceptors (Lipinski definition) is 9. The number of aromatic hydroxyl groups is 2. The molecule has 10 nitrogen and oxygen atoms in total. The predicted octanol–water partition coefficient (Wildman–Crippen LogP) is 3.01. The van der Waals surface area contributed by atoms with Crippen LogP contribution in [0, 0.1) is 6.92 Å². The van der Waals surface area contributed by atoms with Gasteiger partial charge in [0, 0.05) is 29.1 Å². The molecule has 0 spiro atoms. The first-order chi connectivity index (χ1) is 16.9. The van der Waals surface area contributed by atoms with Gasteiger partial charge in [-0.25, -0.2) is 0 Å². The second-order valence-electron chi connectivity index (χ2n) is 9.06. The molecule has 2 aromatic carbocycles. The number of nitrogens with one attached hydrogen (secondary N) is 2. The maximum absolute atomic E-state index is 13.9. The molecule has 1 unspecified atom stereocenters. The average molecular weight is 490 g/mol. The summed E-state index contributed by atoms with van der Waals surface area (Å²) in [6, 6.07) is 4.92. The van der Waals surface area contributed by atoms with Crippen LogP contribution >= 0.6 is 0 Å². The molecule has 0 radical (unpaired) electrons. The van der Waals surface area contributed by atoms with Gasteiger partial charge in [0.2, 0.25) is 0 Å². The van der Waals surface area contributed by atoms with E-state index in [-0.39, 0.29) is 57.7 Å². The van der Waals surface area contributed by atoms with Crippen molar-refractivity contribution in [3.05, 3.63) is 58.0 Å². The highest BCUT2D eigenvalue weighted by molar-refractivity contribution is 6.31. The smallest absolute Gasteiger partial charge is 0.262 e. The van der Waals surface area contributed by atoms with Gasteiger partial charge < -0.3 is 30.3 Å². The number of ether oxygens (including phenoxy) is 2. The molecule has 2 aromatic rings. The number of carbonyl (C=O) groups excluding carboxylic acids is 4. The maximum atomic E-state index is 13.9. The molecule has 2 heterocycles. The molecule has 0 saturated heterocycles. The van der Waals surface area contributed by atoms with Crippen LogP contribution < -0.4 is 20.1 Å². The van der Waals surface area contributed by atoms with Crippen molar-refractivity contribution in [1.29, 1.82) is 0 Å². The predicted molar refractivity (Wildman–Crippen MR) is 127 cm³/mol. The van der Waals surface area contributed by atoms with Gasteiger partial charge in [0.05, 0.1) is 16.8 Å². The molecule has 3 aliphatic rings. The van der Waals surface area contributed by atoms with E-state index in [4.69, 9.17) is 9.47 Å². The minimum absolute atomic E-state index is 0.0231. The highest BCUT2D eigenvalue weighted by atomic mass is 16.5. The van der Waals surface area contributed by atoms with E-state index in [1.54, 1.807) is 25.1 Å². The number of benzene rings is 2. The third kappa shape index (κ3) is 3.10. The fourth-order valence-corrected chi connectivity index (χ4v) is 4.79. The Bertz CT molecular complexity index is 1500. The molecule has 1 amide bonds. The molecule has 1 aliphatic carbocycles. The average Bonchev–Trinajstić information content (AvgIpc) is 3.10. The van der Waals surface area contributed by atoms with E-state index in [2.05, 4.69) is 10.6 Å². The monoisotopic (exact) mass is 490 g/mol. The second kappa shape index (κ2) is 7.70. The number of hydrogen-bond donors (Lipinski definition) is 4. The summed E-state index contributed by atoms with van der Waals surface area (Å²) >= 11 is 0. The third-order valence-corrected chi connectivity index (χ3v) is 6.71. The standard InChI is InChI=1S/C26H22N2O8/c1-10-22(32)20(12(3)29)24-21(23(10)33)26(4)17(36-24)8-15(30)19(25(26)34)11(2)27-13-5-6-14-16(7-13)35-9-18(31)28-14/h5-8,27,32-33H,9H2,1-4H3,(H,28,31). The molecular formula is C26H22N2O8. The Morgan fingerprint density at radius 2 is 1.86 bits per heavy atom. The number of allylic oxidation sites excluding steroid dienone is 4. The highest BCUT2D eigenvalue weighted by Crippen LogP contribution is 2.57. The van der Waals surface area contributed by atoms with E-state index < -0.39 is 28.5 Å². The number of amides is 1. The molecule has 0 fully saturated rings. The van der Waals surface area contributed by atoms with Crippen molar-refractivity contribution in [2.45, 2.75) is 33.1 Å². The Morgan fingerprint density at radius 1 is 1.14 bits per heavy atom. The molecular weight excluding hydrogens is 468 g/mol. The number of phenols is 2. The zero-order chi connectivity index (χ0) is 26.1. The molecule has 0 aromatic heterocycles. The topological polar surface area (TPSA) is 151 Å². The number of carbonyl (C=O) groups is 4. The summed E-state index contributed by atoms with van der Waals surface area (Å²) in [6.45, 7) is 5.59. The highest BCUT2D eigenvalue weighted by Gasteiger charge is 2.56. The molecule has 184 valence electrons. The lowest BCUT2D eigenvalue weighted by Crippen LogP contribution is -2.40. The summed E-state index contributed by atoms with van der Waals surface area (Å²) in [5.41, 5.74) is -0.610. The number of phenolic OH excluding ortho intramolecular Hbond substituents is 2. The number of rotatable bonds is 3. The zero-order valence-electron chi connectivity index (χ0n) is 19.9. The Balaban J connectivity index is 1.60. The van der Waals surface area contributed by atoms with Crippen LogP contribution in [0.2, 0.25) is 0 Å². The van der Waals surface area contributed by atoms with E-state index >= 15 is 0 Å². The minimum Gasteiger partial charge on any atom is -0.507 e. The van der Waals surface area contributed by atoms with Crippen molar-refractivity contribution in [2.24, 2.45) is 0 Å². The molecule has 36 heavy (non-hydrogen) atoms. The molecule has 1 atom stereocenters. The van der Waals surface area contributed by atoms with Crippen molar-refractivity contribution in [3.63, 3.8) is 0 Å². The van der Waals surface area contributed by atoms with Crippen molar-refractivity contribution >= 4 is 34.6 Å². The van der Waals surface area contributed by atoms with Crippen molar-refractivity contribution in [1.82, 2.24) is 0 Å². The lowest BCUT2D eigenvalue weighted by atomic mass is 9.70. The summed E-state index contributed by atoms with van der Waals surface area (Å²) in [4.78, 5) is 50.7. The first-order valence-electron chi connectivity index (χ1n) is 11.1. The van der Waals surface area contributed by atoms with Gasteiger partial charge in [-0.2, -0.15) is 0 Å². The van der Waals surface area contributed by atoms with E-state index in [0.29, 0.717) is 17.1 Å². The van der Waals surface area contributed by atoms with Crippen molar-refractivity contribution in [2.75, 3.05) is 17.2 Å². The van der Waals surface area contributed by atoms with E-state index in [1.165, 1.54) is 20.8 Å². The normalized spacial score (nSPS) is 21.3. The quantitative estimate of drug-likeness (QED) is 0.289. The molecule has 4 N–H and O–H groups in total. The van der Waals surface area contributed by atoms with Gasteiger partial charge in [-0.05, 0) is 39.8 Å². The maximum Gasteiger partial charge on any atom is 0.262 e. The second-order valence-corrected chi connectivity index (χ2v) is 9.06. The van der Waals surface area contributed by atoms with Gasteiger partial charge in [0.25, 0.3) is 5.91 Å². The van der Waals surface area contributed by atoms with E-state index in [1.807, 2.05) is 0 Å². The molecule has 2 aliphatic heterocycles. The SMILES string of the molecule is CC(=O)c1c(O)c(C)c(O)c2c1OC1=CC(=O)C(=C(C)Nc3ccc4c(c3)OCC(=O)N4)C(=O)C12C.